The fraction of sp³-hybridized carbons (Fsp3) is 0.242. The van der Waals surface area contributed by atoms with E-state index in [1.54, 1.807) is 24.3 Å². The van der Waals surface area contributed by atoms with Crippen molar-refractivity contribution in [3.63, 3.8) is 0 Å². The molecule has 4 aromatic rings. The van der Waals surface area contributed by atoms with E-state index in [-0.39, 0.29) is 27.1 Å². The second-order valence-corrected chi connectivity index (χ2v) is 12.5. The van der Waals surface area contributed by atoms with Gasteiger partial charge in [0.05, 0.1) is 5.56 Å². The van der Waals surface area contributed by atoms with E-state index in [0.717, 1.165) is 24.0 Å². The molecule has 0 heterocycles. The number of benzene rings is 4. The quantitative estimate of drug-likeness (QED) is 0.104. The van der Waals surface area contributed by atoms with Gasteiger partial charge in [-0.1, -0.05) is 80.0 Å². The number of rotatable bonds is 9. The highest BCUT2D eigenvalue weighted by Gasteiger charge is 2.31. The fourth-order valence-corrected chi connectivity index (χ4v) is 5.94. The van der Waals surface area contributed by atoms with E-state index in [9.17, 15) is 25.2 Å². The number of carbonyl (C=O) groups excluding carboxylic acids is 1. The van der Waals surface area contributed by atoms with Crippen molar-refractivity contribution in [3.8, 4) is 45.6 Å². The molecule has 0 aromatic heterocycles. The number of phenols is 4. The fourth-order valence-electron chi connectivity index (χ4n) is 4.65. The van der Waals surface area contributed by atoms with Crippen LogP contribution in [0.5, 0.6) is 34.5 Å². The highest BCUT2D eigenvalue weighted by Crippen LogP contribution is 2.54. The summed E-state index contributed by atoms with van der Waals surface area (Å²) in [5.41, 5.74) is 2.83. The van der Waals surface area contributed by atoms with Gasteiger partial charge in [-0.3, -0.25) is 4.79 Å². The van der Waals surface area contributed by atoms with Crippen LogP contribution in [-0.2, 0) is 12.8 Å². The number of carbonyl (C=O) groups is 1. The molecule has 0 aliphatic rings. The van der Waals surface area contributed by atoms with Crippen LogP contribution in [0.4, 0.5) is 0 Å². The average Bonchev–Trinajstić information content (AvgIpc) is 2.90. The van der Waals surface area contributed by atoms with Crippen molar-refractivity contribution < 1.29 is 30.0 Å². The summed E-state index contributed by atoms with van der Waals surface area (Å²) in [6, 6.07) is 17.0. The number of ether oxygens (including phenoxy) is 1. The molecule has 0 aliphatic heterocycles. The van der Waals surface area contributed by atoms with Gasteiger partial charge < -0.3 is 25.2 Å². The van der Waals surface area contributed by atoms with Crippen molar-refractivity contribution in [2.45, 2.75) is 40.5 Å². The van der Waals surface area contributed by atoms with Crippen LogP contribution in [0, 0.1) is 11.8 Å². The Labute approximate surface area is 256 Å². The largest absolute Gasteiger partial charge is 0.504 e. The lowest BCUT2D eigenvalue weighted by molar-refractivity contribution is 0.103. The van der Waals surface area contributed by atoms with Gasteiger partial charge >= 0.3 is 0 Å². The van der Waals surface area contributed by atoms with Crippen LogP contribution < -0.4 is 4.74 Å². The molecule has 8 heteroatoms. The number of phenolic OH excluding ortho intramolecular Hbond substituents is 4. The third kappa shape index (κ3) is 6.71. The molecular weight excluding hydrogens is 652 g/mol. The van der Waals surface area contributed by atoms with Gasteiger partial charge in [-0.25, -0.2) is 0 Å². The molecule has 4 rings (SSSR count). The Bertz CT molecular complexity index is 1580. The minimum absolute atomic E-state index is 0.138. The van der Waals surface area contributed by atoms with Crippen LogP contribution in [0.15, 0.2) is 69.6 Å². The summed E-state index contributed by atoms with van der Waals surface area (Å²) < 4.78 is 6.61. The topological polar surface area (TPSA) is 107 Å². The first kappa shape index (κ1) is 30.5. The Hall–Kier alpha value is -3.49. The van der Waals surface area contributed by atoms with Crippen molar-refractivity contribution in [2.24, 2.45) is 11.8 Å². The Balaban J connectivity index is 1.88. The summed E-state index contributed by atoms with van der Waals surface area (Å²) in [4.78, 5) is 13.7. The van der Waals surface area contributed by atoms with Crippen molar-refractivity contribution in [1.82, 2.24) is 0 Å². The van der Waals surface area contributed by atoms with Gasteiger partial charge in [-0.15, -0.1) is 0 Å². The number of hydrogen-bond acceptors (Lipinski definition) is 6. The van der Waals surface area contributed by atoms with Gasteiger partial charge in [-0.05, 0) is 76.0 Å². The summed E-state index contributed by atoms with van der Waals surface area (Å²) >= 11 is 6.90. The molecule has 0 spiro atoms. The van der Waals surface area contributed by atoms with Crippen LogP contribution in [0.1, 0.15) is 54.7 Å². The Morgan fingerprint density at radius 2 is 1.27 bits per heavy atom. The smallest absolute Gasteiger partial charge is 0.202 e. The Kier molecular flexibility index (Phi) is 9.34. The molecular formula is C33H32Br2O6. The van der Waals surface area contributed by atoms with Crippen molar-refractivity contribution in [1.29, 1.82) is 0 Å². The van der Waals surface area contributed by atoms with Gasteiger partial charge in [0.15, 0.2) is 28.8 Å². The molecule has 4 aromatic carbocycles. The van der Waals surface area contributed by atoms with E-state index in [2.05, 4.69) is 59.6 Å². The SMILES string of the molecule is CC(C)Cc1ccc(Oc2c(O)c(O)c(C(=O)c3ccc(CC(C)C)cc3)c(Br)c2-c2cc(O)c(O)cc2Br)cc1. The molecule has 0 aliphatic carbocycles. The van der Waals surface area contributed by atoms with Gasteiger partial charge in [0.25, 0.3) is 0 Å². The van der Waals surface area contributed by atoms with Crippen LogP contribution in [0.3, 0.4) is 0 Å². The molecule has 0 unspecified atom stereocenters. The summed E-state index contributed by atoms with van der Waals surface area (Å²) in [5.74, 6) is -1.42. The molecule has 41 heavy (non-hydrogen) atoms. The van der Waals surface area contributed by atoms with Gasteiger partial charge in [0.1, 0.15) is 5.75 Å². The highest BCUT2D eigenvalue weighted by molar-refractivity contribution is 9.11. The minimum Gasteiger partial charge on any atom is -0.504 e. The predicted molar refractivity (Wildman–Crippen MR) is 167 cm³/mol. The molecule has 0 radical (unpaired) electrons. The Morgan fingerprint density at radius 1 is 0.756 bits per heavy atom. The molecule has 0 bridgehead atoms. The van der Waals surface area contributed by atoms with Crippen LogP contribution >= 0.6 is 31.9 Å². The van der Waals surface area contributed by atoms with Crippen LogP contribution in [0.2, 0.25) is 0 Å². The molecule has 0 atom stereocenters. The third-order valence-electron chi connectivity index (χ3n) is 6.55. The number of halogens is 2. The molecule has 0 fully saturated rings. The maximum atomic E-state index is 13.7. The summed E-state index contributed by atoms with van der Waals surface area (Å²) in [6.45, 7) is 8.48. The maximum Gasteiger partial charge on any atom is 0.202 e. The van der Waals surface area contributed by atoms with E-state index in [1.807, 2.05) is 24.3 Å². The zero-order valence-electron chi connectivity index (χ0n) is 23.2. The van der Waals surface area contributed by atoms with E-state index in [0.29, 0.717) is 33.2 Å². The van der Waals surface area contributed by atoms with E-state index < -0.39 is 23.0 Å². The zero-order chi connectivity index (χ0) is 30.0. The number of ketones is 1. The zero-order valence-corrected chi connectivity index (χ0v) is 26.4. The summed E-state index contributed by atoms with van der Waals surface area (Å²) in [5, 5.41) is 42.8. The van der Waals surface area contributed by atoms with Crippen LogP contribution in [0.25, 0.3) is 11.1 Å². The number of hydrogen-bond donors (Lipinski definition) is 4. The highest BCUT2D eigenvalue weighted by atomic mass is 79.9. The van der Waals surface area contributed by atoms with Gasteiger partial charge in [-0.2, -0.15) is 0 Å². The summed E-state index contributed by atoms with van der Waals surface area (Å²) in [7, 11) is 0. The minimum atomic E-state index is -0.651. The monoisotopic (exact) mass is 682 g/mol. The molecule has 214 valence electrons. The second-order valence-electron chi connectivity index (χ2n) is 10.9. The lowest BCUT2D eigenvalue weighted by Gasteiger charge is -2.20. The predicted octanol–water partition coefficient (Wildman–Crippen LogP) is 9.12. The first-order chi connectivity index (χ1) is 19.4. The van der Waals surface area contributed by atoms with E-state index >= 15 is 0 Å². The third-order valence-corrected chi connectivity index (χ3v) is 8.00. The molecule has 0 saturated carbocycles. The van der Waals surface area contributed by atoms with Crippen molar-refractivity contribution in [3.05, 3.63) is 91.9 Å². The average molecular weight is 684 g/mol. The summed E-state index contributed by atoms with van der Waals surface area (Å²) in [6.07, 6.45) is 1.75. The molecule has 0 amide bonds. The van der Waals surface area contributed by atoms with E-state index in [4.69, 9.17) is 4.74 Å². The maximum absolute atomic E-state index is 13.7. The normalized spacial score (nSPS) is 11.3. The standard InChI is InChI=1S/C33H32Br2O6/c1-17(2)13-19-5-9-21(10-6-19)30(38)28-29(35)27(23-15-25(36)26(37)16-24(23)34)33(32(40)31(28)39)41-22-11-7-20(8-12-22)14-18(3)4/h5-12,15-18,36-37,39-40H,13-14H2,1-4H3. The lowest BCUT2D eigenvalue weighted by atomic mass is 9.94. The molecule has 0 saturated heterocycles. The number of aromatic hydroxyl groups is 4. The van der Waals surface area contributed by atoms with Gasteiger partial charge in [0, 0.05) is 25.6 Å². The van der Waals surface area contributed by atoms with E-state index in [1.165, 1.54) is 12.1 Å². The first-order valence-corrected chi connectivity index (χ1v) is 14.9. The van der Waals surface area contributed by atoms with Crippen molar-refractivity contribution >= 4 is 37.6 Å². The first-order valence-electron chi connectivity index (χ1n) is 13.3. The molecule has 6 nitrogen and oxygen atoms in total. The Morgan fingerprint density at radius 3 is 1.80 bits per heavy atom. The lowest BCUT2D eigenvalue weighted by Crippen LogP contribution is -2.06. The van der Waals surface area contributed by atoms with Gasteiger partial charge in [0.2, 0.25) is 5.75 Å². The van der Waals surface area contributed by atoms with Crippen LogP contribution in [-0.4, -0.2) is 26.2 Å². The molecule has 4 N–H and O–H groups in total. The second kappa shape index (κ2) is 12.6. The van der Waals surface area contributed by atoms with Crippen molar-refractivity contribution in [2.75, 3.05) is 0 Å².